The molecule has 1 unspecified atom stereocenters. The van der Waals surface area contributed by atoms with Crippen molar-refractivity contribution in [3.05, 3.63) is 23.4 Å². The molecule has 1 heterocycles. The topological polar surface area (TPSA) is 42.4 Å². The highest BCUT2D eigenvalue weighted by atomic mass is 16.5. The van der Waals surface area contributed by atoms with Gasteiger partial charge in [-0.3, -0.25) is 0 Å². The van der Waals surface area contributed by atoms with Crippen LogP contribution in [0, 0.1) is 0 Å². The zero-order valence-corrected chi connectivity index (χ0v) is 10.5. The van der Waals surface area contributed by atoms with E-state index < -0.39 is 0 Å². The molecule has 90 valence electrons. The van der Waals surface area contributed by atoms with Crippen LogP contribution in [0.4, 0.5) is 0 Å². The van der Waals surface area contributed by atoms with Gasteiger partial charge in [0.2, 0.25) is 5.88 Å². The van der Waals surface area contributed by atoms with Gasteiger partial charge in [-0.25, -0.2) is 4.98 Å². The molecule has 0 saturated carbocycles. The van der Waals surface area contributed by atoms with Crippen molar-refractivity contribution in [2.45, 2.75) is 52.7 Å². The molecule has 0 fully saturated rings. The van der Waals surface area contributed by atoms with Crippen LogP contribution in [0.1, 0.15) is 51.3 Å². The van der Waals surface area contributed by atoms with Crippen LogP contribution in [0.5, 0.6) is 5.88 Å². The second-order valence-electron chi connectivity index (χ2n) is 4.39. The molecule has 0 aliphatic rings. The van der Waals surface area contributed by atoms with E-state index in [2.05, 4.69) is 25.8 Å². The van der Waals surface area contributed by atoms with Crippen LogP contribution >= 0.6 is 0 Å². The van der Waals surface area contributed by atoms with Crippen molar-refractivity contribution in [3.8, 4) is 5.88 Å². The van der Waals surface area contributed by atoms with Crippen molar-refractivity contribution >= 4 is 0 Å². The standard InChI is InChI=1S/C13H21NO2/c1-5-10(4)16-13-7-11(8-15)6-12(14-13)9(2)3/h6-7,9-10,15H,5,8H2,1-4H3. The van der Waals surface area contributed by atoms with Crippen molar-refractivity contribution in [3.63, 3.8) is 0 Å². The third-order valence-electron chi connectivity index (χ3n) is 2.55. The van der Waals surface area contributed by atoms with Crippen LogP contribution in [-0.4, -0.2) is 16.2 Å². The lowest BCUT2D eigenvalue weighted by Gasteiger charge is -2.14. The second-order valence-corrected chi connectivity index (χ2v) is 4.39. The predicted molar refractivity (Wildman–Crippen MR) is 64.6 cm³/mol. The van der Waals surface area contributed by atoms with Crippen molar-refractivity contribution in [1.82, 2.24) is 4.98 Å². The summed E-state index contributed by atoms with van der Waals surface area (Å²) in [7, 11) is 0. The lowest BCUT2D eigenvalue weighted by Crippen LogP contribution is -2.12. The van der Waals surface area contributed by atoms with Gasteiger partial charge in [0.1, 0.15) is 0 Å². The van der Waals surface area contributed by atoms with Crippen LogP contribution in [0.25, 0.3) is 0 Å². The third-order valence-corrected chi connectivity index (χ3v) is 2.55. The van der Waals surface area contributed by atoms with E-state index in [4.69, 9.17) is 4.74 Å². The van der Waals surface area contributed by atoms with E-state index in [1.165, 1.54) is 0 Å². The van der Waals surface area contributed by atoms with Crippen LogP contribution in [0.3, 0.4) is 0 Å². The van der Waals surface area contributed by atoms with Gasteiger partial charge in [0.25, 0.3) is 0 Å². The number of aliphatic hydroxyl groups excluding tert-OH is 1. The van der Waals surface area contributed by atoms with E-state index in [-0.39, 0.29) is 12.7 Å². The second kappa shape index (κ2) is 5.85. The Morgan fingerprint density at radius 3 is 2.50 bits per heavy atom. The van der Waals surface area contributed by atoms with E-state index in [9.17, 15) is 5.11 Å². The first-order chi connectivity index (χ1) is 7.56. The van der Waals surface area contributed by atoms with Crippen LogP contribution in [0.15, 0.2) is 12.1 Å². The highest BCUT2D eigenvalue weighted by molar-refractivity contribution is 5.26. The van der Waals surface area contributed by atoms with E-state index in [1.54, 1.807) is 6.07 Å². The van der Waals surface area contributed by atoms with E-state index in [0.29, 0.717) is 11.8 Å². The fraction of sp³-hybridized carbons (Fsp3) is 0.615. The maximum absolute atomic E-state index is 9.18. The van der Waals surface area contributed by atoms with E-state index >= 15 is 0 Å². The largest absolute Gasteiger partial charge is 0.475 e. The lowest BCUT2D eigenvalue weighted by atomic mass is 10.1. The monoisotopic (exact) mass is 223 g/mol. The summed E-state index contributed by atoms with van der Waals surface area (Å²) in [4.78, 5) is 4.44. The maximum Gasteiger partial charge on any atom is 0.214 e. The highest BCUT2D eigenvalue weighted by Gasteiger charge is 2.08. The molecular weight excluding hydrogens is 202 g/mol. The Labute approximate surface area is 97.5 Å². The molecule has 16 heavy (non-hydrogen) atoms. The molecular formula is C13H21NO2. The van der Waals surface area contributed by atoms with Crippen molar-refractivity contribution in [2.75, 3.05) is 0 Å². The first-order valence-electron chi connectivity index (χ1n) is 5.85. The van der Waals surface area contributed by atoms with Crippen LogP contribution < -0.4 is 4.74 Å². The first-order valence-corrected chi connectivity index (χ1v) is 5.85. The number of nitrogens with zero attached hydrogens (tertiary/aromatic N) is 1. The fourth-order valence-electron chi connectivity index (χ4n) is 1.32. The van der Waals surface area contributed by atoms with E-state index in [1.807, 2.05) is 13.0 Å². The summed E-state index contributed by atoms with van der Waals surface area (Å²) in [6, 6.07) is 3.73. The van der Waals surface area contributed by atoms with Crippen molar-refractivity contribution < 1.29 is 9.84 Å². The van der Waals surface area contributed by atoms with E-state index in [0.717, 1.165) is 17.7 Å². The summed E-state index contributed by atoms with van der Waals surface area (Å²) in [5.41, 5.74) is 1.82. The van der Waals surface area contributed by atoms with Gasteiger partial charge < -0.3 is 9.84 Å². The summed E-state index contributed by atoms with van der Waals surface area (Å²) in [5, 5.41) is 9.18. The average molecular weight is 223 g/mol. The summed E-state index contributed by atoms with van der Waals surface area (Å²) in [5.74, 6) is 0.954. The summed E-state index contributed by atoms with van der Waals surface area (Å²) in [6.45, 7) is 8.28. The average Bonchev–Trinajstić information content (AvgIpc) is 2.28. The Morgan fingerprint density at radius 1 is 1.31 bits per heavy atom. The van der Waals surface area contributed by atoms with Crippen LogP contribution in [0.2, 0.25) is 0 Å². The smallest absolute Gasteiger partial charge is 0.214 e. The number of hydrogen-bond acceptors (Lipinski definition) is 3. The maximum atomic E-state index is 9.18. The molecule has 0 bridgehead atoms. The van der Waals surface area contributed by atoms with Gasteiger partial charge in [-0.05, 0) is 30.9 Å². The third kappa shape index (κ3) is 3.49. The molecule has 0 saturated heterocycles. The summed E-state index contributed by atoms with van der Waals surface area (Å²) in [6.07, 6.45) is 1.10. The minimum absolute atomic E-state index is 0.0269. The highest BCUT2D eigenvalue weighted by Crippen LogP contribution is 2.20. The Bertz CT molecular complexity index is 337. The molecule has 3 heteroatoms. The fourth-order valence-corrected chi connectivity index (χ4v) is 1.32. The van der Waals surface area contributed by atoms with Gasteiger partial charge in [-0.1, -0.05) is 20.8 Å². The quantitative estimate of drug-likeness (QED) is 0.834. The zero-order valence-electron chi connectivity index (χ0n) is 10.5. The number of pyridine rings is 1. The molecule has 1 rings (SSSR count). The molecule has 1 aromatic rings. The minimum Gasteiger partial charge on any atom is -0.475 e. The van der Waals surface area contributed by atoms with Gasteiger partial charge in [0, 0.05) is 11.8 Å². The molecule has 1 aromatic heterocycles. The predicted octanol–water partition coefficient (Wildman–Crippen LogP) is 2.87. The molecule has 3 nitrogen and oxygen atoms in total. The van der Waals surface area contributed by atoms with Crippen LogP contribution in [-0.2, 0) is 6.61 Å². The molecule has 0 spiro atoms. The molecule has 0 amide bonds. The van der Waals surface area contributed by atoms with Gasteiger partial charge in [0.05, 0.1) is 12.7 Å². The molecule has 0 radical (unpaired) electrons. The molecule has 0 aliphatic heterocycles. The lowest BCUT2D eigenvalue weighted by molar-refractivity contribution is 0.206. The number of ether oxygens (including phenoxy) is 1. The van der Waals surface area contributed by atoms with Gasteiger partial charge in [-0.2, -0.15) is 0 Å². The number of aromatic nitrogens is 1. The number of aliphatic hydroxyl groups is 1. The number of rotatable bonds is 5. The summed E-state index contributed by atoms with van der Waals surface area (Å²) >= 11 is 0. The zero-order chi connectivity index (χ0) is 12.1. The molecule has 0 aliphatic carbocycles. The normalized spacial score (nSPS) is 12.9. The Balaban J connectivity index is 2.95. The van der Waals surface area contributed by atoms with Crippen molar-refractivity contribution in [2.24, 2.45) is 0 Å². The van der Waals surface area contributed by atoms with Gasteiger partial charge in [-0.15, -0.1) is 0 Å². The van der Waals surface area contributed by atoms with Gasteiger partial charge in [0.15, 0.2) is 0 Å². The summed E-state index contributed by atoms with van der Waals surface area (Å²) < 4.78 is 5.67. The Hall–Kier alpha value is -1.09. The Kier molecular flexibility index (Phi) is 4.74. The molecule has 1 N–H and O–H groups in total. The Morgan fingerprint density at radius 2 is 2.00 bits per heavy atom. The first kappa shape index (κ1) is 13.0. The molecule has 0 aromatic carbocycles. The minimum atomic E-state index is 0.0269. The molecule has 1 atom stereocenters. The van der Waals surface area contributed by atoms with Crippen molar-refractivity contribution in [1.29, 1.82) is 0 Å². The number of hydrogen-bond donors (Lipinski definition) is 1. The SMILES string of the molecule is CCC(C)Oc1cc(CO)cc(C(C)C)n1. The van der Waals surface area contributed by atoms with Gasteiger partial charge >= 0.3 is 0 Å².